The third-order valence-corrected chi connectivity index (χ3v) is 1.82. The molecule has 0 radical (unpaired) electrons. The van der Waals surface area contributed by atoms with Gasteiger partial charge in [0.1, 0.15) is 6.26 Å². The summed E-state index contributed by atoms with van der Waals surface area (Å²) in [4.78, 5) is 1.98. The Bertz CT molecular complexity index is 238. The Labute approximate surface area is 83.3 Å². The fourth-order valence-electron chi connectivity index (χ4n) is 1.29. The van der Waals surface area contributed by atoms with E-state index in [9.17, 15) is 5.11 Å². The molecule has 1 atom stereocenters. The first-order valence-electron chi connectivity index (χ1n) is 4.46. The summed E-state index contributed by atoms with van der Waals surface area (Å²) in [6.45, 7) is 1.64. The highest BCUT2D eigenvalue weighted by atomic mass is 16.5. The molecule has 80 valence electrons. The molecule has 5 nitrogen and oxygen atoms in total. The molecule has 1 N–H and O–H groups in total. The normalized spacial score (nSPS) is 13.4. The molecular formula is C9H16N2O3. The van der Waals surface area contributed by atoms with Crippen LogP contribution in [-0.2, 0) is 11.3 Å². The van der Waals surface area contributed by atoms with Gasteiger partial charge in [-0.25, -0.2) is 0 Å². The second-order valence-corrected chi connectivity index (χ2v) is 3.34. The van der Waals surface area contributed by atoms with Gasteiger partial charge in [0.05, 0.1) is 18.9 Å². The standard InChI is InChI=1S/C9H16N2O3/c1-11(5-9(12)7-13-2)4-8-3-10-14-6-8/h3,6,9,12H,4-5,7H2,1-2H3. The van der Waals surface area contributed by atoms with Gasteiger partial charge >= 0.3 is 0 Å². The number of aliphatic hydroxyl groups excluding tert-OH is 1. The van der Waals surface area contributed by atoms with Crippen LogP contribution in [0.1, 0.15) is 5.56 Å². The minimum atomic E-state index is -0.454. The molecule has 1 aromatic rings. The first kappa shape index (κ1) is 11.2. The second-order valence-electron chi connectivity index (χ2n) is 3.34. The summed E-state index contributed by atoms with van der Waals surface area (Å²) in [6.07, 6.45) is 2.81. The lowest BCUT2D eigenvalue weighted by Gasteiger charge is -2.18. The van der Waals surface area contributed by atoms with Crippen molar-refractivity contribution >= 4 is 0 Å². The molecule has 0 aliphatic carbocycles. The molecule has 0 aliphatic rings. The van der Waals surface area contributed by atoms with Crippen LogP contribution in [0.5, 0.6) is 0 Å². The molecule has 0 aromatic carbocycles. The maximum atomic E-state index is 9.44. The van der Waals surface area contributed by atoms with E-state index in [1.807, 2.05) is 11.9 Å². The highest BCUT2D eigenvalue weighted by molar-refractivity contribution is 4.99. The van der Waals surface area contributed by atoms with Crippen molar-refractivity contribution in [2.75, 3.05) is 27.3 Å². The smallest absolute Gasteiger partial charge is 0.128 e. The molecule has 1 unspecified atom stereocenters. The number of hydrogen-bond donors (Lipinski definition) is 1. The predicted molar refractivity (Wildman–Crippen MR) is 50.7 cm³/mol. The van der Waals surface area contributed by atoms with E-state index >= 15 is 0 Å². The van der Waals surface area contributed by atoms with Crippen molar-refractivity contribution in [3.05, 3.63) is 18.0 Å². The summed E-state index contributed by atoms with van der Waals surface area (Å²) in [7, 11) is 3.50. The Morgan fingerprint density at radius 3 is 3.07 bits per heavy atom. The maximum Gasteiger partial charge on any atom is 0.128 e. The molecule has 1 rings (SSSR count). The topological polar surface area (TPSA) is 58.7 Å². The molecular weight excluding hydrogens is 184 g/mol. The van der Waals surface area contributed by atoms with Crippen molar-refractivity contribution in [3.8, 4) is 0 Å². The summed E-state index contributed by atoms with van der Waals surface area (Å²) >= 11 is 0. The molecule has 0 amide bonds. The predicted octanol–water partition coefficient (Wildman–Crippen LogP) is 0.114. The number of rotatable bonds is 6. The quantitative estimate of drug-likeness (QED) is 0.706. The van der Waals surface area contributed by atoms with E-state index in [1.54, 1.807) is 19.6 Å². The largest absolute Gasteiger partial charge is 0.389 e. The first-order chi connectivity index (χ1) is 6.72. The van der Waals surface area contributed by atoms with E-state index in [0.717, 1.165) is 5.56 Å². The molecule has 0 bridgehead atoms. The van der Waals surface area contributed by atoms with Crippen molar-refractivity contribution in [2.24, 2.45) is 0 Å². The van der Waals surface area contributed by atoms with Crippen LogP contribution in [0.4, 0.5) is 0 Å². The van der Waals surface area contributed by atoms with E-state index in [2.05, 4.69) is 5.16 Å². The molecule has 5 heteroatoms. The Kier molecular flexibility index (Phi) is 4.58. The number of methoxy groups -OCH3 is 1. The van der Waals surface area contributed by atoms with Crippen LogP contribution in [0.25, 0.3) is 0 Å². The number of likely N-dealkylation sites (N-methyl/N-ethyl adjacent to an activating group) is 1. The number of hydrogen-bond acceptors (Lipinski definition) is 5. The minimum absolute atomic E-state index is 0.355. The number of ether oxygens (including phenoxy) is 1. The van der Waals surface area contributed by atoms with Gasteiger partial charge < -0.3 is 14.4 Å². The zero-order chi connectivity index (χ0) is 10.4. The van der Waals surface area contributed by atoms with Gasteiger partial charge in [0.2, 0.25) is 0 Å². The molecule has 0 spiro atoms. The van der Waals surface area contributed by atoms with Gasteiger partial charge in [-0.15, -0.1) is 0 Å². The van der Waals surface area contributed by atoms with Crippen LogP contribution in [0, 0.1) is 0 Å². The average Bonchev–Trinajstić information content (AvgIpc) is 2.56. The van der Waals surface area contributed by atoms with E-state index in [1.165, 1.54) is 0 Å². The molecule has 0 saturated heterocycles. The van der Waals surface area contributed by atoms with Gasteiger partial charge in [-0.2, -0.15) is 0 Å². The van der Waals surface area contributed by atoms with E-state index < -0.39 is 6.10 Å². The lowest BCUT2D eigenvalue weighted by atomic mass is 10.3. The number of aromatic nitrogens is 1. The summed E-state index contributed by atoms with van der Waals surface area (Å²) < 4.78 is 9.54. The first-order valence-corrected chi connectivity index (χ1v) is 4.46. The van der Waals surface area contributed by atoms with Crippen molar-refractivity contribution in [1.29, 1.82) is 0 Å². The van der Waals surface area contributed by atoms with Crippen LogP contribution in [0.3, 0.4) is 0 Å². The molecule has 0 aliphatic heterocycles. The summed E-state index contributed by atoms with van der Waals surface area (Å²) in [5.74, 6) is 0. The Balaban J connectivity index is 2.25. The van der Waals surface area contributed by atoms with Crippen LogP contribution in [0.15, 0.2) is 17.0 Å². The van der Waals surface area contributed by atoms with E-state index in [-0.39, 0.29) is 0 Å². The Morgan fingerprint density at radius 1 is 1.71 bits per heavy atom. The fraction of sp³-hybridized carbons (Fsp3) is 0.667. The summed E-state index contributed by atoms with van der Waals surface area (Å²) in [5, 5.41) is 13.0. The van der Waals surface area contributed by atoms with Crippen LogP contribution < -0.4 is 0 Å². The lowest BCUT2D eigenvalue weighted by molar-refractivity contribution is 0.0418. The van der Waals surface area contributed by atoms with Crippen molar-refractivity contribution in [3.63, 3.8) is 0 Å². The van der Waals surface area contributed by atoms with Crippen LogP contribution in [0.2, 0.25) is 0 Å². The number of nitrogens with zero attached hydrogens (tertiary/aromatic N) is 2. The highest BCUT2D eigenvalue weighted by Gasteiger charge is 2.08. The fourth-order valence-corrected chi connectivity index (χ4v) is 1.29. The van der Waals surface area contributed by atoms with Gasteiger partial charge in [-0.05, 0) is 7.05 Å². The van der Waals surface area contributed by atoms with Crippen molar-refractivity contribution < 1.29 is 14.4 Å². The Hall–Kier alpha value is -0.910. The molecule has 0 saturated carbocycles. The summed E-state index contributed by atoms with van der Waals surface area (Å²) in [6, 6.07) is 0. The molecule has 1 heterocycles. The van der Waals surface area contributed by atoms with E-state index in [0.29, 0.717) is 19.7 Å². The monoisotopic (exact) mass is 200 g/mol. The molecule has 0 fully saturated rings. The van der Waals surface area contributed by atoms with Gasteiger partial charge in [0.15, 0.2) is 0 Å². The molecule has 1 aromatic heterocycles. The SMILES string of the molecule is COCC(O)CN(C)Cc1cnoc1. The zero-order valence-electron chi connectivity index (χ0n) is 8.51. The third kappa shape index (κ3) is 3.87. The van der Waals surface area contributed by atoms with E-state index in [4.69, 9.17) is 9.26 Å². The summed E-state index contributed by atoms with van der Waals surface area (Å²) in [5.41, 5.74) is 0.997. The van der Waals surface area contributed by atoms with Crippen LogP contribution in [-0.4, -0.2) is 48.6 Å². The average molecular weight is 200 g/mol. The minimum Gasteiger partial charge on any atom is -0.389 e. The van der Waals surface area contributed by atoms with Gasteiger partial charge in [0.25, 0.3) is 0 Å². The third-order valence-electron chi connectivity index (χ3n) is 1.82. The highest BCUT2D eigenvalue weighted by Crippen LogP contribution is 2.01. The van der Waals surface area contributed by atoms with Crippen molar-refractivity contribution in [1.82, 2.24) is 10.1 Å². The van der Waals surface area contributed by atoms with Gasteiger partial charge in [0, 0.05) is 25.8 Å². The van der Waals surface area contributed by atoms with Crippen LogP contribution >= 0.6 is 0 Å². The zero-order valence-corrected chi connectivity index (χ0v) is 8.51. The van der Waals surface area contributed by atoms with Gasteiger partial charge in [-0.3, -0.25) is 4.90 Å². The Morgan fingerprint density at radius 2 is 2.50 bits per heavy atom. The second kappa shape index (κ2) is 5.74. The van der Waals surface area contributed by atoms with Crippen molar-refractivity contribution in [2.45, 2.75) is 12.6 Å². The lowest BCUT2D eigenvalue weighted by Crippen LogP contribution is -2.31. The number of aliphatic hydroxyl groups is 1. The maximum absolute atomic E-state index is 9.44. The molecule has 14 heavy (non-hydrogen) atoms. The van der Waals surface area contributed by atoms with Gasteiger partial charge in [-0.1, -0.05) is 5.16 Å².